The Labute approximate surface area is 832 Å². The fourth-order valence-corrected chi connectivity index (χ4v) is 15.7. The molecule has 1 rings (SSSR count). The molecule has 0 saturated carbocycles. The minimum atomic E-state index is -1.14. The predicted octanol–water partition coefficient (Wildman–Crippen LogP) is 13.1. The zero-order chi connectivity index (χ0) is 103. The van der Waals surface area contributed by atoms with Crippen LogP contribution >= 0.6 is 0 Å². The van der Waals surface area contributed by atoms with Crippen LogP contribution in [0.1, 0.15) is 360 Å². The number of ether oxygens (including phenoxy) is 8. The van der Waals surface area contributed by atoms with Crippen molar-refractivity contribution in [1.82, 2.24) is 41.9 Å². The number of H-pyrrole nitrogens is 1. The zero-order valence-electron chi connectivity index (χ0n) is 84.9. The van der Waals surface area contributed by atoms with Gasteiger partial charge < -0.3 is 101 Å². The molecule has 14 N–H and O–H groups in total. The molecule has 0 unspecified atom stereocenters. The molecule has 37 nitrogen and oxygen atoms in total. The second kappa shape index (κ2) is 89.4. The number of ketones is 6. The normalized spacial score (nSPS) is 12.5. The summed E-state index contributed by atoms with van der Waals surface area (Å²) in [6, 6.07) is -2.48. The van der Waals surface area contributed by atoms with Crippen molar-refractivity contribution >= 4 is 88.2 Å². The summed E-state index contributed by atoms with van der Waals surface area (Å²) >= 11 is 0. The molecule has 4 amide bonds. The van der Waals surface area contributed by atoms with E-state index in [1.807, 2.05) is 0 Å². The van der Waals surface area contributed by atoms with Gasteiger partial charge in [0.2, 0.25) is 23.6 Å². The fraction of sp³-hybridized carbons (Fsp3) is 0.806. The van der Waals surface area contributed by atoms with E-state index in [0.717, 1.165) is 89.9 Å². The second-order valence-electron chi connectivity index (χ2n) is 37.4. The number of aromatic nitrogens is 2. The van der Waals surface area contributed by atoms with Crippen LogP contribution in [0.3, 0.4) is 0 Å². The molecular formula is C103H179N9O28. The average Bonchev–Trinajstić information content (AvgIpc) is 1.11. The lowest BCUT2D eigenvalue weighted by molar-refractivity contribution is -0.144. The van der Waals surface area contributed by atoms with E-state index in [4.69, 9.17) is 53.8 Å². The van der Waals surface area contributed by atoms with E-state index < -0.39 is 71.1 Å². The Bertz CT molecular complexity index is 3520. The Morgan fingerprint density at radius 3 is 1.08 bits per heavy atom. The van der Waals surface area contributed by atoms with E-state index >= 15 is 0 Å². The molecule has 1 aromatic heterocycles. The molecule has 1 heterocycles. The first-order chi connectivity index (χ1) is 67.5. The van der Waals surface area contributed by atoms with Gasteiger partial charge in [0.15, 0.2) is 23.1 Å². The Morgan fingerprint density at radius 1 is 0.357 bits per heavy atom. The summed E-state index contributed by atoms with van der Waals surface area (Å²) in [7, 11) is 0. The zero-order valence-corrected chi connectivity index (χ0v) is 84.9. The number of carbonyl (C=O) groups is 15. The second-order valence-corrected chi connectivity index (χ2v) is 37.4. The lowest BCUT2D eigenvalue weighted by Gasteiger charge is -2.25. The molecule has 5 atom stereocenters. The molecule has 37 heteroatoms. The minimum Gasteiger partial charge on any atom is -0.481 e. The molecule has 0 aliphatic carbocycles. The number of amides is 4. The third-order valence-electron chi connectivity index (χ3n) is 24.2. The largest absolute Gasteiger partial charge is 0.481 e. The number of nitrogens with zero attached hydrogens (tertiary/aromatic N) is 1. The number of nitrogens with one attached hydrogen (secondary N) is 7. The topological polar surface area (TPSA) is 558 Å². The molecule has 140 heavy (non-hydrogen) atoms. The first-order valence-corrected chi connectivity index (χ1v) is 52.3. The van der Waals surface area contributed by atoms with Crippen molar-refractivity contribution in [3.63, 3.8) is 0 Å². The summed E-state index contributed by atoms with van der Waals surface area (Å²) in [4.78, 5) is 191. The Morgan fingerprint density at radius 2 is 0.700 bits per heavy atom. The van der Waals surface area contributed by atoms with Crippen LogP contribution in [0.25, 0.3) is 0 Å². The minimum absolute atomic E-state index is 0.0349. The van der Waals surface area contributed by atoms with E-state index in [1.54, 1.807) is 20.0 Å². The van der Waals surface area contributed by atoms with Gasteiger partial charge in [0.05, 0.1) is 103 Å². The number of aliphatic carboxylic acids is 5. The van der Waals surface area contributed by atoms with Crippen LogP contribution < -0.4 is 37.6 Å². The van der Waals surface area contributed by atoms with Crippen LogP contribution in [0.5, 0.6) is 0 Å². The molecular weight excluding hydrogens is 1810 g/mol. The van der Waals surface area contributed by atoms with Crippen molar-refractivity contribution in [1.29, 1.82) is 0 Å². The molecule has 1 aromatic rings. The standard InChI is InChI=1S/C103H179N9O28/c1-81(106-54-38-37-47-91(102(131)132)110-75-93(118)103(2,3)73-92(117)89(104)72-84-74-105-80-111-84)90(112-97(122)79-140-69-63-134-59-41-45-88(116)77-138-67-65-136-61-57-109-95(120)53-51-83(101(129)130)71-86(114)43-33-29-25-21-17-13-9-5-7-11-15-19-23-27-31-35-49-99(125)126)46-36-39-55-107-96(121)78-139-68-62-133-58-40-44-87(115)76-137-66-64-135-60-56-108-94(119)52-50-82(100(127)128)70-85(113)42-32-28-24-20-16-12-8-4-6-10-14-18-22-26-30-34-48-98(123)124/h74,80,82-83,89-91,106,110H,1,4-73,75-79,104H2,2-3H3,(H,105,111)(H,107,121)(H,108,119)(H,109,120)(H,112,122)(H,123,124)(H,125,126)(H,127,128)(H,129,130)(H,131,132)/t82-,83-,89+,90+,91+/m1/s1. The SMILES string of the molecule is C=C(NCCCC[C@H](NCC(=O)C(C)(C)CC(=O)[C@@H](N)Cc1cnc[nH]1)C(=O)O)[C@H](CCCCNC(=O)COCCOCCCC(=O)COCCOCCNC(=O)CC[C@H](CC(=O)CCCCCCCCCCCCCCCCCCC(=O)O)C(=O)O)NC(=O)COCCOCCCC(=O)COCCOCCNC(=O)CC[C@H](CC(=O)CCCCCCCCCCCCCCCCCCC(=O)O)C(=O)O. The Kier molecular flexibility index (Phi) is 82.8. The number of unbranched alkanes of at least 4 members (excludes halogenated alkanes) is 32. The van der Waals surface area contributed by atoms with E-state index in [1.165, 1.54) is 122 Å². The molecule has 0 aromatic carbocycles. The molecule has 0 saturated heterocycles. The summed E-state index contributed by atoms with van der Waals surface area (Å²) in [5.41, 5.74) is 6.19. The van der Waals surface area contributed by atoms with Crippen molar-refractivity contribution in [3.8, 4) is 0 Å². The van der Waals surface area contributed by atoms with Crippen molar-refractivity contribution in [2.75, 3.05) is 138 Å². The number of nitrogens with two attached hydrogens (primary N) is 1. The Hall–Kier alpha value is -8.40. The summed E-state index contributed by atoms with van der Waals surface area (Å²) in [6.07, 6.45) is 43.5. The lowest BCUT2D eigenvalue weighted by Crippen LogP contribution is -2.45. The van der Waals surface area contributed by atoms with Crippen molar-refractivity contribution in [2.45, 2.75) is 379 Å². The highest BCUT2D eigenvalue weighted by Crippen LogP contribution is 2.25. The van der Waals surface area contributed by atoms with Gasteiger partial charge in [0.1, 0.15) is 44.0 Å². The smallest absolute Gasteiger partial charge is 0.320 e. The number of carboxylic acid groups (broad SMARTS) is 5. The first-order valence-electron chi connectivity index (χ1n) is 52.3. The maximum atomic E-state index is 13.3. The summed E-state index contributed by atoms with van der Waals surface area (Å²) in [6.45, 7) is 9.55. The fourth-order valence-electron chi connectivity index (χ4n) is 15.7. The van der Waals surface area contributed by atoms with Crippen LogP contribution in [0.15, 0.2) is 24.8 Å². The summed E-state index contributed by atoms with van der Waals surface area (Å²) in [5.74, 6) is -9.21. The van der Waals surface area contributed by atoms with Gasteiger partial charge in [0, 0.05) is 139 Å². The van der Waals surface area contributed by atoms with Crippen LogP contribution in [0.2, 0.25) is 0 Å². The summed E-state index contributed by atoms with van der Waals surface area (Å²) in [5, 5.41) is 64.2. The first kappa shape index (κ1) is 130. The number of hydrogen-bond donors (Lipinski definition) is 13. The number of hydrogen-bond acceptors (Lipinski definition) is 27. The van der Waals surface area contributed by atoms with Crippen LogP contribution in [0, 0.1) is 17.3 Å². The van der Waals surface area contributed by atoms with Crippen LogP contribution in [-0.4, -0.2) is 280 Å². The van der Waals surface area contributed by atoms with Crippen LogP contribution in [0.4, 0.5) is 0 Å². The highest BCUT2D eigenvalue weighted by atomic mass is 16.5. The monoisotopic (exact) mass is 1990 g/mol. The maximum Gasteiger partial charge on any atom is 0.320 e. The van der Waals surface area contributed by atoms with Gasteiger partial charge in [0.25, 0.3) is 0 Å². The third kappa shape index (κ3) is 81.1. The van der Waals surface area contributed by atoms with Gasteiger partial charge in [-0.1, -0.05) is 200 Å². The number of carbonyl (C=O) groups excluding carboxylic acids is 10. The average molecular weight is 1990 g/mol. The number of aromatic amines is 1. The highest BCUT2D eigenvalue weighted by Gasteiger charge is 2.34. The van der Waals surface area contributed by atoms with Gasteiger partial charge >= 0.3 is 29.8 Å². The van der Waals surface area contributed by atoms with Gasteiger partial charge in [-0.25, -0.2) is 4.98 Å². The molecule has 0 radical (unpaired) electrons. The van der Waals surface area contributed by atoms with Crippen molar-refractivity contribution < 1.29 is 135 Å². The lowest BCUT2D eigenvalue weighted by atomic mass is 9.81. The molecule has 0 fully saturated rings. The van der Waals surface area contributed by atoms with E-state index in [9.17, 15) is 87.2 Å². The van der Waals surface area contributed by atoms with Crippen LogP contribution in [-0.2, 0) is 116 Å². The highest BCUT2D eigenvalue weighted by molar-refractivity contribution is 5.94. The predicted molar refractivity (Wildman–Crippen MR) is 530 cm³/mol. The number of imidazole rings is 1. The van der Waals surface area contributed by atoms with Gasteiger partial charge in [-0.05, 0) is 89.9 Å². The quantitative estimate of drug-likeness (QED) is 0.0269. The van der Waals surface area contributed by atoms with Crippen molar-refractivity contribution in [2.24, 2.45) is 23.0 Å². The number of rotatable bonds is 107. The van der Waals surface area contributed by atoms with E-state index in [0.29, 0.717) is 82.3 Å². The Balaban J connectivity index is 2.38. The van der Waals surface area contributed by atoms with E-state index in [2.05, 4.69) is 48.4 Å². The van der Waals surface area contributed by atoms with Crippen molar-refractivity contribution in [3.05, 3.63) is 30.5 Å². The number of carboxylic acids is 5. The third-order valence-corrected chi connectivity index (χ3v) is 24.2. The molecule has 0 bridgehead atoms. The van der Waals surface area contributed by atoms with Gasteiger partial charge in [-0.15, -0.1) is 0 Å². The maximum absolute atomic E-state index is 13.3. The van der Waals surface area contributed by atoms with E-state index in [-0.39, 0.29) is 261 Å². The molecule has 0 aliphatic rings. The summed E-state index contributed by atoms with van der Waals surface area (Å²) < 4.78 is 44.2. The molecule has 0 aliphatic heterocycles. The van der Waals surface area contributed by atoms with Gasteiger partial charge in [-0.2, -0.15) is 0 Å². The van der Waals surface area contributed by atoms with Gasteiger partial charge in [-0.3, -0.25) is 77.2 Å². The number of Topliss-reactive ketones (excluding diaryl/α,β-unsaturated/α-hetero) is 6. The molecule has 804 valence electrons. The molecule has 0 spiro atoms.